The van der Waals surface area contributed by atoms with Crippen LogP contribution in [0.2, 0.25) is 0 Å². The van der Waals surface area contributed by atoms with Gasteiger partial charge in [-0.1, -0.05) is 56.6 Å². The predicted octanol–water partition coefficient (Wildman–Crippen LogP) is 4.82. The van der Waals surface area contributed by atoms with Crippen molar-refractivity contribution < 1.29 is 4.79 Å². The molecule has 0 spiro atoms. The Balaban J connectivity index is 2.12. The van der Waals surface area contributed by atoms with Gasteiger partial charge in [0.2, 0.25) is 0 Å². The lowest BCUT2D eigenvalue weighted by Gasteiger charge is -2.29. The first kappa shape index (κ1) is 24.5. The highest BCUT2D eigenvalue weighted by molar-refractivity contribution is 8.26. The molecule has 1 aromatic heterocycles. The van der Waals surface area contributed by atoms with Crippen molar-refractivity contribution >= 4 is 46.1 Å². The van der Waals surface area contributed by atoms with Gasteiger partial charge in [0.15, 0.2) is 0 Å². The van der Waals surface area contributed by atoms with Crippen molar-refractivity contribution in [3.8, 4) is 6.07 Å². The fraction of sp³-hybridized carbons (Fsp3) is 0.583. The topological polar surface area (TPSA) is 69.3 Å². The van der Waals surface area contributed by atoms with Crippen molar-refractivity contribution in [1.29, 1.82) is 5.26 Å². The molecule has 3 heterocycles. The average Bonchev–Trinajstić information content (AvgIpc) is 2.95. The molecule has 0 radical (unpaired) electrons. The van der Waals surface area contributed by atoms with Crippen LogP contribution in [0.25, 0.3) is 6.08 Å². The van der Waals surface area contributed by atoms with Gasteiger partial charge in [0.05, 0.1) is 4.91 Å². The Morgan fingerprint density at radius 3 is 2.41 bits per heavy atom. The summed E-state index contributed by atoms with van der Waals surface area (Å²) in [5.41, 5.74) is 1.32. The largest absolute Gasteiger partial charge is 0.357 e. The van der Waals surface area contributed by atoms with Gasteiger partial charge >= 0.3 is 0 Å². The number of thiocarbonyl (C=S) groups is 1. The molecule has 0 unspecified atom stereocenters. The van der Waals surface area contributed by atoms with E-state index in [-0.39, 0.29) is 17.0 Å². The summed E-state index contributed by atoms with van der Waals surface area (Å²) in [4.78, 5) is 30.8. The molecular weight excluding hydrogens is 440 g/mol. The zero-order valence-corrected chi connectivity index (χ0v) is 20.9. The van der Waals surface area contributed by atoms with E-state index in [1.807, 2.05) is 19.9 Å². The number of carbonyl (C=O) groups excluding carboxylic acids is 1. The van der Waals surface area contributed by atoms with Crippen LogP contribution in [0.5, 0.6) is 0 Å². The quantitative estimate of drug-likeness (QED) is 0.322. The normalized spacial score (nSPS) is 18.4. The van der Waals surface area contributed by atoms with E-state index in [0.717, 1.165) is 56.6 Å². The number of amides is 1. The van der Waals surface area contributed by atoms with Crippen molar-refractivity contribution in [2.24, 2.45) is 0 Å². The first-order valence-corrected chi connectivity index (χ1v) is 12.8. The summed E-state index contributed by atoms with van der Waals surface area (Å²) < 4.78 is 2.28. The van der Waals surface area contributed by atoms with Crippen molar-refractivity contribution in [1.82, 2.24) is 9.47 Å². The number of nitrogens with zero attached hydrogens (tertiary/aromatic N) is 4. The number of rotatable bonds is 7. The van der Waals surface area contributed by atoms with Crippen LogP contribution in [-0.4, -0.2) is 39.3 Å². The number of hydrogen-bond acceptors (Lipinski definition) is 6. The van der Waals surface area contributed by atoms with E-state index in [1.165, 1.54) is 24.6 Å². The SMILES string of the molecule is CCCCCN1C(=O)/C(=C/c2c(C)c(C#N)c(=O)n(CC)c2N2CCCCCC2)SC1=S. The summed E-state index contributed by atoms with van der Waals surface area (Å²) in [6.45, 7) is 8.70. The molecule has 32 heavy (non-hydrogen) atoms. The van der Waals surface area contributed by atoms with E-state index in [2.05, 4.69) is 17.9 Å². The summed E-state index contributed by atoms with van der Waals surface area (Å²) >= 11 is 6.81. The third-order valence-electron chi connectivity index (χ3n) is 6.20. The van der Waals surface area contributed by atoms with Gasteiger partial charge in [0, 0.05) is 31.7 Å². The third-order valence-corrected chi connectivity index (χ3v) is 7.58. The lowest BCUT2D eigenvalue weighted by Crippen LogP contribution is -2.35. The number of aromatic nitrogens is 1. The Hall–Kier alpha value is -2.11. The molecule has 0 aromatic carbocycles. The molecule has 0 atom stereocenters. The molecule has 2 fully saturated rings. The molecule has 0 aliphatic carbocycles. The Morgan fingerprint density at radius 2 is 1.81 bits per heavy atom. The minimum absolute atomic E-state index is 0.0786. The standard InChI is InChI=1S/C24H32N4O2S2/c1-4-6-9-14-28-23(30)20(32-24(28)31)15-18-17(3)19(16-25)22(29)27(5-2)21(18)26-12-10-7-8-11-13-26/h15H,4-14H2,1-3H3/b20-15-. The molecule has 2 aliphatic rings. The molecule has 2 aliphatic heterocycles. The van der Waals surface area contributed by atoms with Crippen LogP contribution in [-0.2, 0) is 11.3 Å². The van der Waals surface area contributed by atoms with Crippen molar-refractivity contribution in [3.05, 3.63) is 31.9 Å². The van der Waals surface area contributed by atoms with E-state index in [4.69, 9.17) is 12.2 Å². The molecule has 2 saturated heterocycles. The number of carbonyl (C=O) groups is 1. The molecular formula is C24H32N4O2S2. The minimum atomic E-state index is -0.254. The molecule has 8 heteroatoms. The monoisotopic (exact) mass is 472 g/mol. The first-order valence-electron chi connectivity index (χ1n) is 11.6. The summed E-state index contributed by atoms with van der Waals surface area (Å²) in [6.07, 6.45) is 9.40. The summed E-state index contributed by atoms with van der Waals surface area (Å²) in [6, 6.07) is 2.10. The summed E-state index contributed by atoms with van der Waals surface area (Å²) in [5, 5.41) is 9.71. The van der Waals surface area contributed by atoms with Crippen LogP contribution in [0.3, 0.4) is 0 Å². The average molecular weight is 473 g/mol. The first-order chi connectivity index (χ1) is 15.4. The van der Waals surface area contributed by atoms with Gasteiger partial charge in [-0.3, -0.25) is 19.1 Å². The maximum atomic E-state index is 13.1. The highest BCUT2D eigenvalue weighted by Gasteiger charge is 2.33. The van der Waals surface area contributed by atoms with Crippen LogP contribution in [0.15, 0.2) is 9.70 Å². The molecule has 0 saturated carbocycles. The van der Waals surface area contributed by atoms with E-state index in [0.29, 0.717) is 27.9 Å². The maximum Gasteiger partial charge on any atom is 0.270 e. The fourth-order valence-corrected chi connectivity index (χ4v) is 5.69. The van der Waals surface area contributed by atoms with Crippen LogP contribution >= 0.6 is 24.0 Å². The predicted molar refractivity (Wildman–Crippen MR) is 136 cm³/mol. The van der Waals surface area contributed by atoms with Crippen LogP contribution < -0.4 is 10.5 Å². The zero-order chi connectivity index (χ0) is 23.3. The molecule has 172 valence electrons. The van der Waals surface area contributed by atoms with E-state index in [9.17, 15) is 14.9 Å². The van der Waals surface area contributed by atoms with Gasteiger partial charge in [0.1, 0.15) is 21.8 Å². The number of anilines is 1. The minimum Gasteiger partial charge on any atom is -0.357 e. The second-order valence-corrected chi connectivity index (χ2v) is 10.0. The molecule has 6 nitrogen and oxygen atoms in total. The zero-order valence-electron chi connectivity index (χ0n) is 19.3. The highest BCUT2D eigenvalue weighted by atomic mass is 32.2. The van der Waals surface area contributed by atoms with E-state index in [1.54, 1.807) is 9.47 Å². The van der Waals surface area contributed by atoms with Gasteiger partial charge in [0.25, 0.3) is 11.5 Å². The Bertz CT molecular complexity index is 1010. The molecule has 0 N–H and O–H groups in total. The maximum absolute atomic E-state index is 13.1. The molecule has 3 rings (SSSR count). The second kappa shape index (κ2) is 11.2. The van der Waals surface area contributed by atoms with Crippen LogP contribution in [0.4, 0.5) is 5.82 Å². The lowest BCUT2D eigenvalue weighted by atomic mass is 10.0. The second-order valence-electron chi connectivity index (χ2n) is 8.34. The van der Waals surface area contributed by atoms with E-state index < -0.39 is 0 Å². The van der Waals surface area contributed by atoms with Crippen molar-refractivity contribution in [3.63, 3.8) is 0 Å². The Kier molecular flexibility index (Phi) is 8.55. The third kappa shape index (κ3) is 4.94. The number of pyridine rings is 1. The Morgan fingerprint density at radius 1 is 1.12 bits per heavy atom. The van der Waals surface area contributed by atoms with Gasteiger partial charge in [-0.05, 0) is 44.7 Å². The van der Waals surface area contributed by atoms with Gasteiger partial charge in [-0.2, -0.15) is 5.26 Å². The van der Waals surface area contributed by atoms with Gasteiger partial charge in [-0.25, -0.2) is 0 Å². The lowest BCUT2D eigenvalue weighted by molar-refractivity contribution is -0.122. The van der Waals surface area contributed by atoms with Crippen LogP contribution in [0.1, 0.15) is 75.5 Å². The Labute approximate surface area is 200 Å². The van der Waals surface area contributed by atoms with E-state index >= 15 is 0 Å². The van der Waals surface area contributed by atoms with Crippen molar-refractivity contribution in [2.75, 3.05) is 24.5 Å². The summed E-state index contributed by atoms with van der Waals surface area (Å²) in [7, 11) is 0. The van der Waals surface area contributed by atoms with Crippen molar-refractivity contribution in [2.45, 2.75) is 72.3 Å². The van der Waals surface area contributed by atoms with Gasteiger partial charge in [-0.15, -0.1) is 0 Å². The molecule has 0 bridgehead atoms. The summed E-state index contributed by atoms with van der Waals surface area (Å²) in [5.74, 6) is 0.747. The molecule has 1 amide bonds. The number of thioether (sulfide) groups is 1. The fourth-order valence-electron chi connectivity index (χ4n) is 4.40. The van der Waals surface area contributed by atoms with Gasteiger partial charge < -0.3 is 4.90 Å². The number of unbranched alkanes of at least 4 members (excludes halogenated alkanes) is 2. The smallest absolute Gasteiger partial charge is 0.270 e. The number of nitriles is 1. The van der Waals surface area contributed by atoms with Crippen LogP contribution in [0, 0.1) is 18.3 Å². The molecule has 1 aromatic rings. The highest BCUT2D eigenvalue weighted by Crippen LogP contribution is 2.36. The number of hydrogen-bond donors (Lipinski definition) is 0.